The molecule has 22 heavy (non-hydrogen) atoms. The highest BCUT2D eigenvalue weighted by Gasteiger charge is 2.11. The molecule has 1 amide bonds. The van der Waals surface area contributed by atoms with Gasteiger partial charge in [0.25, 0.3) is 5.91 Å². The second kappa shape index (κ2) is 7.48. The minimum absolute atomic E-state index is 0.108. The Morgan fingerprint density at radius 1 is 1.23 bits per heavy atom. The molecule has 0 aliphatic rings. The van der Waals surface area contributed by atoms with Crippen LogP contribution in [-0.2, 0) is 11.3 Å². The van der Waals surface area contributed by atoms with E-state index in [1.807, 2.05) is 18.2 Å². The van der Waals surface area contributed by atoms with Gasteiger partial charge in [-0.15, -0.1) is 0 Å². The number of benzene rings is 2. The Kier molecular flexibility index (Phi) is 5.40. The van der Waals surface area contributed by atoms with Gasteiger partial charge in [-0.3, -0.25) is 4.79 Å². The zero-order valence-electron chi connectivity index (χ0n) is 12.1. The molecular formula is C17H15ClN2O2. The summed E-state index contributed by atoms with van der Waals surface area (Å²) in [7, 11) is 1.70. The van der Waals surface area contributed by atoms with Gasteiger partial charge >= 0.3 is 0 Å². The van der Waals surface area contributed by atoms with Crippen molar-refractivity contribution >= 4 is 17.5 Å². The summed E-state index contributed by atoms with van der Waals surface area (Å²) in [5.74, 6) is 0.251. The normalized spacial score (nSPS) is 9.86. The lowest BCUT2D eigenvalue weighted by Gasteiger charge is -2.18. The van der Waals surface area contributed by atoms with Gasteiger partial charge in [-0.05, 0) is 29.8 Å². The molecule has 0 fully saturated rings. The number of halogens is 1. The van der Waals surface area contributed by atoms with Crippen LogP contribution in [0.15, 0.2) is 48.5 Å². The summed E-state index contributed by atoms with van der Waals surface area (Å²) in [6, 6.07) is 16.2. The lowest BCUT2D eigenvalue weighted by atomic mass is 10.2. The van der Waals surface area contributed by atoms with E-state index in [0.29, 0.717) is 22.9 Å². The van der Waals surface area contributed by atoms with Crippen LogP contribution in [0.2, 0.25) is 5.02 Å². The smallest absolute Gasteiger partial charge is 0.260 e. The van der Waals surface area contributed by atoms with E-state index in [4.69, 9.17) is 21.6 Å². The number of hydrogen-bond acceptors (Lipinski definition) is 3. The number of carbonyl (C=O) groups excluding carboxylic acids is 1. The molecule has 112 valence electrons. The van der Waals surface area contributed by atoms with Crippen LogP contribution in [-0.4, -0.2) is 24.5 Å². The first-order valence-electron chi connectivity index (χ1n) is 6.70. The highest BCUT2D eigenvalue weighted by molar-refractivity contribution is 6.30. The number of ether oxygens (including phenoxy) is 1. The molecular weight excluding hydrogens is 300 g/mol. The first-order chi connectivity index (χ1) is 10.6. The Morgan fingerprint density at radius 3 is 2.59 bits per heavy atom. The van der Waals surface area contributed by atoms with Crippen molar-refractivity contribution in [2.24, 2.45) is 0 Å². The molecule has 0 aliphatic heterocycles. The van der Waals surface area contributed by atoms with Crippen molar-refractivity contribution in [1.82, 2.24) is 4.90 Å². The van der Waals surface area contributed by atoms with Crippen LogP contribution in [0.25, 0.3) is 0 Å². The lowest BCUT2D eigenvalue weighted by Crippen LogP contribution is -2.31. The Hall–Kier alpha value is -2.51. The number of para-hydroxylation sites is 1. The van der Waals surface area contributed by atoms with Gasteiger partial charge in [-0.2, -0.15) is 5.26 Å². The fraction of sp³-hybridized carbons (Fsp3) is 0.176. The van der Waals surface area contributed by atoms with Gasteiger partial charge in [0.05, 0.1) is 5.56 Å². The molecule has 0 aromatic heterocycles. The summed E-state index contributed by atoms with van der Waals surface area (Å²) in [4.78, 5) is 13.6. The predicted molar refractivity (Wildman–Crippen MR) is 84.6 cm³/mol. The van der Waals surface area contributed by atoms with E-state index in [0.717, 1.165) is 5.56 Å². The van der Waals surface area contributed by atoms with Gasteiger partial charge in [-0.1, -0.05) is 35.9 Å². The molecule has 0 N–H and O–H groups in total. The molecule has 5 heteroatoms. The SMILES string of the molecule is CN(Cc1ccc(Cl)cc1)C(=O)COc1ccccc1C#N. The van der Waals surface area contributed by atoms with E-state index >= 15 is 0 Å². The van der Waals surface area contributed by atoms with E-state index in [1.165, 1.54) is 0 Å². The van der Waals surface area contributed by atoms with Gasteiger partial charge in [-0.25, -0.2) is 0 Å². The van der Waals surface area contributed by atoms with Crippen molar-refractivity contribution in [2.45, 2.75) is 6.54 Å². The van der Waals surface area contributed by atoms with Gasteiger partial charge in [0.15, 0.2) is 6.61 Å². The molecule has 0 saturated heterocycles. The highest BCUT2D eigenvalue weighted by Crippen LogP contribution is 2.16. The Bertz CT molecular complexity index is 693. The molecule has 2 aromatic carbocycles. The van der Waals surface area contributed by atoms with Crippen LogP contribution in [0.4, 0.5) is 0 Å². The van der Waals surface area contributed by atoms with Gasteiger partial charge in [0, 0.05) is 18.6 Å². The van der Waals surface area contributed by atoms with Crippen LogP contribution in [0, 0.1) is 11.3 Å². The van der Waals surface area contributed by atoms with Crippen LogP contribution in [0.1, 0.15) is 11.1 Å². The second-order valence-corrected chi connectivity index (χ2v) is 5.21. The molecule has 2 aromatic rings. The minimum Gasteiger partial charge on any atom is -0.482 e. The third-order valence-electron chi connectivity index (χ3n) is 3.12. The molecule has 2 rings (SSSR count). The van der Waals surface area contributed by atoms with E-state index < -0.39 is 0 Å². The largest absolute Gasteiger partial charge is 0.482 e. The number of amides is 1. The van der Waals surface area contributed by atoms with E-state index in [9.17, 15) is 4.79 Å². The summed E-state index contributed by atoms with van der Waals surface area (Å²) in [6.07, 6.45) is 0. The monoisotopic (exact) mass is 314 g/mol. The van der Waals surface area contributed by atoms with Crippen molar-refractivity contribution in [3.8, 4) is 11.8 Å². The molecule has 0 heterocycles. The standard InChI is InChI=1S/C17H15ClN2O2/c1-20(11-13-6-8-15(18)9-7-13)17(21)12-22-16-5-3-2-4-14(16)10-19/h2-9H,11-12H2,1H3. The number of likely N-dealkylation sites (N-methyl/N-ethyl adjacent to an activating group) is 1. The quantitative estimate of drug-likeness (QED) is 0.851. The predicted octanol–water partition coefficient (Wildman–Crippen LogP) is 3.25. The van der Waals surface area contributed by atoms with E-state index in [2.05, 4.69) is 0 Å². The van der Waals surface area contributed by atoms with E-state index in [-0.39, 0.29) is 12.5 Å². The number of rotatable bonds is 5. The fourth-order valence-corrected chi connectivity index (χ4v) is 2.01. The van der Waals surface area contributed by atoms with Gasteiger partial charge < -0.3 is 9.64 Å². The molecule has 0 aliphatic carbocycles. The summed E-state index contributed by atoms with van der Waals surface area (Å²) >= 11 is 5.83. The van der Waals surface area contributed by atoms with Crippen molar-refractivity contribution in [3.63, 3.8) is 0 Å². The molecule has 0 unspecified atom stereocenters. The first-order valence-corrected chi connectivity index (χ1v) is 7.08. The number of hydrogen-bond donors (Lipinski definition) is 0. The van der Waals surface area contributed by atoms with Crippen molar-refractivity contribution < 1.29 is 9.53 Å². The van der Waals surface area contributed by atoms with Crippen LogP contribution in [0.3, 0.4) is 0 Å². The van der Waals surface area contributed by atoms with Crippen molar-refractivity contribution in [2.75, 3.05) is 13.7 Å². The fourth-order valence-electron chi connectivity index (χ4n) is 1.89. The van der Waals surface area contributed by atoms with E-state index in [1.54, 1.807) is 48.3 Å². The highest BCUT2D eigenvalue weighted by atomic mass is 35.5. The topological polar surface area (TPSA) is 53.3 Å². The van der Waals surface area contributed by atoms with Crippen LogP contribution < -0.4 is 4.74 Å². The summed E-state index contributed by atoms with van der Waals surface area (Å²) < 4.78 is 5.43. The maximum absolute atomic E-state index is 12.1. The minimum atomic E-state index is -0.164. The third kappa shape index (κ3) is 4.24. The zero-order valence-corrected chi connectivity index (χ0v) is 12.9. The Labute approximate surface area is 134 Å². The summed E-state index contributed by atoms with van der Waals surface area (Å²) in [6.45, 7) is 0.363. The second-order valence-electron chi connectivity index (χ2n) is 4.77. The van der Waals surface area contributed by atoms with Crippen LogP contribution in [0.5, 0.6) is 5.75 Å². The zero-order chi connectivity index (χ0) is 15.9. The maximum atomic E-state index is 12.1. The number of nitriles is 1. The number of carbonyl (C=O) groups is 1. The first kappa shape index (κ1) is 15.9. The molecule has 0 radical (unpaired) electrons. The average molecular weight is 315 g/mol. The van der Waals surface area contributed by atoms with Crippen LogP contribution >= 0.6 is 11.6 Å². The number of nitrogens with zero attached hydrogens (tertiary/aromatic N) is 2. The molecule has 4 nitrogen and oxygen atoms in total. The summed E-state index contributed by atoms with van der Waals surface area (Å²) in [5, 5.41) is 9.64. The summed E-state index contributed by atoms with van der Waals surface area (Å²) in [5.41, 5.74) is 1.40. The van der Waals surface area contributed by atoms with Gasteiger partial charge in [0.1, 0.15) is 11.8 Å². The Morgan fingerprint density at radius 2 is 1.91 bits per heavy atom. The molecule has 0 saturated carbocycles. The van der Waals surface area contributed by atoms with Gasteiger partial charge in [0.2, 0.25) is 0 Å². The average Bonchev–Trinajstić information content (AvgIpc) is 2.54. The maximum Gasteiger partial charge on any atom is 0.260 e. The molecule has 0 bridgehead atoms. The lowest BCUT2D eigenvalue weighted by molar-refractivity contribution is -0.132. The Balaban J connectivity index is 1.91. The molecule has 0 spiro atoms. The van der Waals surface area contributed by atoms with Crippen molar-refractivity contribution in [1.29, 1.82) is 5.26 Å². The molecule has 0 atom stereocenters. The third-order valence-corrected chi connectivity index (χ3v) is 3.37. The van der Waals surface area contributed by atoms with Crippen molar-refractivity contribution in [3.05, 3.63) is 64.7 Å².